The highest BCUT2D eigenvalue weighted by atomic mass is 19.1. The van der Waals surface area contributed by atoms with Crippen LogP contribution in [0.25, 0.3) is 17.0 Å². The molecular formula is C18H12FNO3. The molecule has 114 valence electrons. The minimum absolute atomic E-state index is 0.210. The Bertz CT molecular complexity index is 942. The van der Waals surface area contributed by atoms with Gasteiger partial charge in [-0.15, -0.1) is 0 Å². The minimum atomic E-state index is -0.427. The molecule has 3 aromatic rings. The van der Waals surface area contributed by atoms with Crippen molar-refractivity contribution in [2.75, 3.05) is 5.32 Å². The van der Waals surface area contributed by atoms with E-state index in [-0.39, 0.29) is 16.8 Å². The first-order chi connectivity index (χ1) is 11.1. The average molecular weight is 309 g/mol. The quantitative estimate of drug-likeness (QED) is 0.752. The molecule has 0 aliphatic carbocycles. The molecule has 4 nitrogen and oxygen atoms in total. The van der Waals surface area contributed by atoms with E-state index in [4.69, 9.17) is 4.42 Å². The van der Waals surface area contributed by atoms with E-state index in [1.807, 2.05) is 0 Å². The zero-order valence-electron chi connectivity index (χ0n) is 12.0. The first kappa shape index (κ1) is 14.7. The van der Waals surface area contributed by atoms with Gasteiger partial charge in [0.15, 0.2) is 5.43 Å². The Morgan fingerprint density at radius 1 is 1.09 bits per heavy atom. The summed E-state index contributed by atoms with van der Waals surface area (Å²) in [6, 6.07) is 12.3. The molecule has 0 aliphatic heterocycles. The van der Waals surface area contributed by atoms with E-state index in [1.165, 1.54) is 42.7 Å². The summed E-state index contributed by atoms with van der Waals surface area (Å²) >= 11 is 0. The van der Waals surface area contributed by atoms with Crippen LogP contribution in [0, 0.1) is 5.82 Å². The smallest absolute Gasteiger partial charge is 0.248 e. The molecule has 5 heteroatoms. The molecule has 0 saturated heterocycles. The van der Waals surface area contributed by atoms with E-state index in [9.17, 15) is 14.0 Å². The highest BCUT2D eigenvalue weighted by Gasteiger charge is 2.04. The van der Waals surface area contributed by atoms with Crippen LogP contribution >= 0.6 is 0 Å². The Morgan fingerprint density at radius 3 is 2.61 bits per heavy atom. The summed E-state index contributed by atoms with van der Waals surface area (Å²) in [5.74, 6) is -0.809. The molecule has 1 aromatic heterocycles. The monoisotopic (exact) mass is 309 g/mol. The predicted molar refractivity (Wildman–Crippen MR) is 86.5 cm³/mol. The molecule has 0 atom stereocenters. The van der Waals surface area contributed by atoms with Gasteiger partial charge < -0.3 is 9.73 Å². The maximum atomic E-state index is 12.8. The molecular weight excluding hydrogens is 297 g/mol. The van der Waals surface area contributed by atoms with E-state index in [2.05, 4.69) is 5.32 Å². The maximum absolute atomic E-state index is 12.8. The van der Waals surface area contributed by atoms with Gasteiger partial charge in [0.1, 0.15) is 17.7 Å². The summed E-state index contributed by atoms with van der Waals surface area (Å²) in [7, 11) is 0. The van der Waals surface area contributed by atoms with E-state index in [0.717, 1.165) is 0 Å². The molecule has 1 amide bonds. The van der Waals surface area contributed by atoms with Gasteiger partial charge in [-0.3, -0.25) is 9.59 Å². The topological polar surface area (TPSA) is 59.3 Å². The van der Waals surface area contributed by atoms with Gasteiger partial charge in [0, 0.05) is 11.8 Å². The van der Waals surface area contributed by atoms with Crippen molar-refractivity contribution in [3.63, 3.8) is 0 Å². The Hall–Kier alpha value is -3.21. The van der Waals surface area contributed by atoms with Gasteiger partial charge in [0.05, 0.1) is 10.9 Å². The zero-order chi connectivity index (χ0) is 16.2. The number of benzene rings is 2. The molecule has 0 radical (unpaired) electrons. The second kappa shape index (κ2) is 6.27. The number of amides is 1. The number of nitrogens with one attached hydrogen (secondary N) is 1. The molecule has 2 aromatic carbocycles. The molecule has 0 spiro atoms. The molecule has 3 rings (SSSR count). The second-order valence-corrected chi connectivity index (χ2v) is 4.85. The first-order valence-corrected chi connectivity index (χ1v) is 6.89. The van der Waals surface area contributed by atoms with Crippen molar-refractivity contribution < 1.29 is 13.6 Å². The van der Waals surface area contributed by atoms with Gasteiger partial charge in [0.2, 0.25) is 5.91 Å². The van der Waals surface area contributed by atoms with Gasteiger partial charge in [-0.25, -0.2) is 4.39 Å². The number of halogens is 1. The SMILES string of the molecule is O=C(C=Cc1coc2ccccc2c1=O)Nc1ccc(F)cc1. The molecule has 0 bridgehead atoms. The summed E-state index contributed by atoms with van der Waals surface area (Å²) < 4.78 is 18.2. The summed E-state index contributed by atoms with van der Waals surface area (Å²) in [5, 5.41) is 3.02. The third-order valence-corrected chi connectivity index (χ3v) is 3.23. The average Bonchev–Trinajstić information content (AvgIpc) is 2.57. The standard InChI is InChI=1S/C18H12FNO3/c19-13-6-8-14(9-7-13)20-17(21)10-5-12-11-23-16-4-2-1-3-15(16)18(12)22/h1-11H,(H,20,21). The zero-order valence-corrected chi connectivity index (χ0v) is 12.0. The fourth-order valence-corrected chi connectivity index (χ4v) is 2.09. The van der Waals surface area contributed by atoms with Crippen LogP contribution in [0.5, 0.6) is 0 Å². The Morgan fingerprint density at radius 2 is 1.83 bits per heavy atom. The fraction of sp³-hybridized carbons (Fsp3) is 0. The summed E-state index contributed by atoms with van der Waals surface area (Å²) in [4.78, 5) is 24.1. The number of para-hydroxylation sites is 1. The van der Waals surface area contributed by atoms with Gasteiger partial charge in [-0.1, -0.05) is 12.1 Å². The van der Waals surface area contributed by atoms with E-state index in [1.54, 1.807) is 24.3 Å². The highest BCUT2D eigenvalue weighted by molar-refractivity contribution is 6.02. The van der Waals surface area contributed by atoms with Crippen molar-refractivity contribution in [1.29, 1.82) is 0 Å². The number of hydrogen-bond acceptors (Lipinski definition) is 3. The Balaban J connectivity index is 1.79. The van der Waals surface area contributed by atoms with Crippen molar-refractivity contribution in [2.45, 2.75) is 0 Å². The largest absolute Gasteiger partial charge is 0.463 e. The molecule has 0 fully saturated rings. The summed E-state index contributed by atoms with van der Waals surface area (Å²) in [5.41, 5.74) is 1.02. The normalized spacial score (nSPS) is 11.0. The van der Waals surface area contributed by atoms with Crippen LogP contribution in [0.4, 0.5) is 10.1 Å². The number of hydrogen-bond donors (Lipinski definition) is 1. The van der Waals surface area contributed by atoms with E-state index < -0.39 is 5.91 Å². The Kier molecular flexibility index (Phi) is 4.01. The Labute approximate surface area is 130 Å². The molecule has 1 heterocycles. The number of carbonyl (C=O) groups excluding carboxylic acids is 1. The minimum Gasteiger partial charge on any atom is -0.463 e. The van der Waals surface area contributed by atoms with Crippen molar-refractivity contribution >= 4 is 28.6 Å². The molecule has 23 heavy (non-hydrogen) atoms. The number of carbonyl (C=O) groups is 1. The van der Waals surface area contributed by atoms with Crippen molar-refractivity contribution in [2.24, 2.45) is 0 Å². The number of anilines is 1. The van der Waals surface area contributed by atoms with Gasteiger partial charge >= 0.3 is 0 Å². The van der Waals surface area contributed by atoms with E-state index >= 15 is 0 Å². The lowest BCUT2D eigenvalue weighted by Gasteiger charge is -2.01. The third kappa shape index (κ3) is 3.35. The van der Waals surface area contributed by atoms with Gasteiger partial charge in [0.25, 0.3) is 0 Å². The second-order valence-electron chi connectivity index (χ2n) is 4.85. The van der Waals surface area contributed by atoms with Crippen LogP contribution in [0.15, 0.2) is 70.1 Å². The summed E-state index contributed by atoms with van der Waals surface area (Å²) in [6.07, 6.45) is 3.92. The number of fused-ring (bicyclic) bond motifs is 1. The van der Waals surface area contributed by atoms with Crippen molar-refractivity contribution in [3.05, 3.63) is 82.5 Å². The summed E-state index contributed by atoms with van der Waals surface area (Å²) in [6.45, 7) is 0. The first-order valence-electron chi connectivity index (χ1n) is 6.89. The van der Waals surface area contributed by atoms with E-state index in [0.29, 0.717) is 16.7 Å². The number of rotatable bonds is 3. The van der Waals surface area contributed by atoms with Crippen LogP contribution < -0.4 is 10.7 Å². The van der Waals surface area contributed by atoms with Crippen molar-refractivity contribution in [1.82, 2.24) is 0 Å². The lowest BCUT2D eigenvalue weighted by atomic mass is 10.1. The maximum Gasteiger partial charge on any atom is 0.248 e. The molecule has 0 unspecified atom stereocenters. The lowest BCUT2D eigenvalue weighted by molar-refractivity contribution is -0.111. The van der Waals surface area contributed by atoms with Crippen LogP contribution in [0.2, 0.25) is 0 Å². The van der Waals surface area contributed by atoms with Crippen LogP contribution in [-0.4, -0.2) is 5.91 Å². The van der Waals surface area contributed by atoms with Crippen LogP contribution in [0.1, 0.15) is 5.56 Å². The van der Waals surface area contributed by atoms with Gasteiger partial charge in [-0.05, 0) is 42.5 Å². The highest BCUT2D eigenvalue weighted by Crippen LogP contribution is 2.12. The molecule has 0 saturated carbocycles. The molecule has 1 N–H and O–H groups in total. The van der Waals surface area contributed by atoms with Crippen molar-refractivity contribution in [3.8, 4) is 0 Å². The lowest BCUT2D eigenvalue weighted by Crippen LogP contribution is -2.09. The fourth-order valence-electron chi connectivity index (χ4n) is 2.09. The predicted octanol–water partition coefficient (Wildman–Crippen LogP) is 3.58. The van der Waals surface area contributed by atoms with Crippen LogP contribution in [-0.2, 0) is 4.79 Å². The molecule has 0 aliphatic rings. The van der Waals surface area contributed by atoms with Gasteiger partial charge in [-0.2, -0.15) is 0 Å². The van der Waals surface area contributed by atoms with Crippen LogP contribution in [0.3, 0.4) is 0 Å². The third-order valence-electron chi connectivity index (χ3n) is 3.23.